The molecule has 0 radical (unpaired) electrons. The minimum atomic E-state index is -0.929. The SMILES string of the molecule is O=C(O)CCn1cc(C(=O)Nc2cccc(Cl)c2Cl)cn1. The van der Waals surface area contributed by atoms with Gasteiger partial charge >= 0.3 is 5.97 Å². The van der Waals surface area contributed by atoms with Crippen LogP contribution in [0.15, 0.2) is 30.6 Å². The number of rotatable bonds is 5. The molecule has 1 amide bonds. The fraction of sp³-hybridized carbons (Fsp3) is 0.154. The van der Waals surface area contributed by atoms with Crippen LogP contribution in [0.5, 0.6) is 0 Å². The molecular weight excluding hydrogens is 317 g/mol. The Kier molecular flexibility index (Phi) is 4.82. The van der Waals surface area contributed by atoms with Crippen molar-refractivity contribution in [3.05, 3.63) is 46.2 Å². The van der Waals surface area contributed by atoms with Gasteiger partial charge in [-0.1, -0.05) is 29.3 Å². The van der Waals surface area contributed by atoms with Gasteiger partial charge in [-0.3, -0.25) is 14.3 Å². The quantitative estimate of drug-likeness (QED) is 0.884. The van der Waals surface area contributed by atoms with Crippen molar-refractivity contribution >= 4 is 40.8 Å². The van der Waals surface area contributed by atoms with Crippen LogP contribution in [0.1, 0.15) is 16.8 Å². The first-order valence-corrected chi connectivity index (χ1v) is 6.72. The normalized spacial score (nSPS) is 10.4. The van der Waals surface area contributed by atoms with Crippen molar-refractivity contribution in [1.82, 2.24) is 9.78 Å². The number of aryl methyl sites for hydroxylation is 1. The second kappa shape index (κ2) is 6.60. The Morgan fingerprint density at radius 3 is 2.81 bits per heavy atom. The summed E-state index contributed by atoms with van der Waals surface area (Å²) < 4.78 is 1.39. The average Bonchev–Trinajstić information content (AvgIpc) is 2.90. The molecule has 0 fully saturated rings. The van der Waals surface area contributed by atoms with E-state index >= 15 is 0 Å². The molecule has 2 N–H and O–H groups in total. The van der Waals surface area contributed by atoms with Crippen LogP contribution in [0.4, 0.5) is 5.69 Å². The van der Waals surface area contributed by atoms with Gasteiger partial charge < -0.3 is 10.4 Å². The first-order chi connectivity index (χ1) is 9.97. The van der Waals surface area contributed by atoms with E-state index in [4.69, 9.17) is 28.3 Å². The number of carboxylic acid groups (broad SMARTS) is 1. The van der Waals surface area contributed by atoms with Crippen LogP contribution in [-0.4, -0.2) is 26.8 Å². The number of hydrogen-bond acceptors (Lipinski definition) is 3. The molecule has 1 heterocycles. The Labute approximate surface area is 130 Å². The van der Waals surface area contributed by atoms with E-state index < -0.39 is 11.9 Å². The van der Waals surface area contributed by atoms with E-state index in [2.05, 4.69) is 10.4 Å². The summed E-state index contributed by atoms with van der Waals surface area (Å²) in [5.41, 5.74) is 0.698. The van der Waals surface area contributed by atoms with Crippen LogP contribution in [0.2, 0.25) is 10.0 Å². The van der Waals surface area contributed by atoms with Crippen LogP contribution in [0.3, 0.4) is 0 Å². The number of carboxylic acids is 1. The lowest BCUT2D eigenvalue weighted by Gasteiger charge is -2.06. The first-order valence-electron chi connectivity index (χ1n) is 5.97. The molecule has 0 bridgehead atoms. The number of carbonyl (C=O) groups excluding carboxylic acids is 1. The van der Waals surface area contributed by atoms with Gasteiger partial charge in [-0.05, 0) is 12.1 Å². The summed E-state index contributed by atoms with van der Waals surface area (Å²) in [5, 5.41) is 15.7. The zero-order valence-electron chi connectivity index (χ0n) is 10.7. The summed E-state index contributed by atoms with van der Waals surface area (Å²) >= 11 is 11.8. The third kappa shape index (κ3) is 3.96. The van der Waals surface area contributed by atoms with Gasteiger partial charge in [0.1, 0.15) is 0 Å². The van der Waals surface area contributed by atoms with Gasteiger partial charge in [0.2, 0.25) is 0 Å². The lowest BCUT2D eigenvalue weighted by atomic mass is 10.3. The summed E-state index contributed by atoms with van der Waals surface area (Å²) in [5.74, 6) is -1.33. The molecule has 6 nitrogen and oxygen atoms in total. The number of nitrogens with zero attached hydrogens (tertiary/aromatic N) is 2. The Bertz CT molecular complexity index is 685. The van der Waals surface area contributed by atoms with Crippen molar-refractivity contribution in [2.24, 2.45) is 0 Å². The van der Waals surface area contributed by atoms with Crippen LogP contribution in [0.25, 0.3) is 0 Å². The Morgan fingerprint density at radius 2 is 2.10 bits per heavy atom. The van der Waals surface area contributed by atoms with Crippen molar-refractivity contribution in [1.29, 1.82) is 0 Å². The highest BCUT2D eigenvalue weighted by atomic mass is 35.5. The number of nitrogens with one attached hydrogen (secondary N) is 1. The highest BCUT2D eigenvalue weighted by Gasteiger charge is 2.12. The largest absolute Gasteiger partial charge is 0.481 e. The minimum Gasteiger partial charge on any atom is -0.481 e. The Balaban J connectivity index is 2.07. The summed E-state index contributed by atoms with van der Waals surface area (Å²) in [7, 11) is 0. The number of aromatic nitrogens is 2. The molecule has 0 spiro atoms. The lowest BCUT2D eigenvalue weighted by Crippen LogP contribution is -2.11. The maximum atomic E-state index is 12.0. The number of amides is 1. The molecule has 21 heavy (non-hydrogen) atoms. The van der Waals surface area contributed by atoms with Gasteiger partial charge in [0.15, 0.2) is 0 Å². The fourth-order valence-electron chi connectivity index (χ4n) is 1.61. The summed E-state index contributed by atoms with van der Waals surface area (Å²) in [4.78, 5) is 22.5. The Hall–Kier alpha value is -2.05. The molecule has 0 saturated heterocycles. The van der Waals surface area contributed by atoms with Gasteiger partial charge in [-0.2, -0.15) is 5.10 Å². The summed E-state index contributed by atoms with van der Waals surface area (Å²) in [6, 6.07) is 4.91. The molecule has 110 valence electrons. The molecule has 0 unspecified atom stereocenters. The van der Waals surface area contributed by atoms with Crippen molar-refractivity contribution in [3.8, 4) is 0 Å². The number of hydrogen-bond donors (Lipinski definition) is 2. The molecule has 0 atom stereocenters. The second-order valence-electron chi connectivity index (χ2n) is 4.19. The molecule has 0 aliphatic heterocycles. The van der Waals surface area contributed by atoms with E-state index in [9.17, 15) is 9.59 Å². The molecule has 8 heteroatoms. The summed E-state index contributed by atoms with van der Waals surface area (Å²) in [6.07, 6.45) is 2.76. The van der Waals surface area contributed by atoms with E-state index in [1.165, 1.54) is 17.1 Å². The van der Waals surface area contributed by atoms with E-state index in [0.29, 0.717) is 16.3 Å². The van der Waals surface area contributed by atoms with Crippen molar-refractivity contribution in [3.63, 3.8) is 0 Å². The molecule has 1 aromatic heterocycles. The number of carbonyl (C=O) groups is 2. The van der Waals surface area contributed by atoms with Crippen LogP contribution in [-0.2, 0) is 11.3 Å². The maximum Gasteiger partial charge on any atom is 0.305 e. The van der Waals surface area contributed by atoms with Gasteiger partial charge in [0.25, 0.3) is 5.91 Å². The predicted molar refractivity (Wildman–Crippen MR) is 78.9 cm³/mol. The Morgan fingerprint density at radius 1 is 1.33 bits per heavy atom. The van der Waals surface area contributed by atoms with Crippen LogP contribution >= 0.6 is 23.2 Å². The van der Waals surface area contributed by atoms with Crippen LogP contribution in [0, 0.1) is 0 Å². The molecule has 0 aliphatic rings. The minimum absolute atomic E-state index is 0.0666. The monoisotopic (exact) mass is 327 g/mol. The molecule has 0 saturated carbocycles. The van der Waals surface area contributed by atoms with Gasteiger partial charge in [0, 0.05) is 6.20 Å². The van der Waals surface area contributed by atoms with E-state index in [-0.39, 0.29) is 18.0 Å². The molecule has 2 aromatic rings. The molecule has 0 aliphatic carbocycles. The predicted octanol–water partition coefficient (Wildman–Crippen LogP) is 2.92. The smallest absolute Gasteiger partial charge is 0.305 e. The van der Waals surface area contributed by atoms with Crippen LogP contribution < -0.4 is 5.32 Å². The molecular formula is C13H11Cl2N3O3. The molecule has 2 rings (SSSR count). The third-order valence-electron chi connectivity index (χ3n) is 2.65. The summed E-state index contributed by atoms with van der Waals surface area (Å²) in [6.45, 7) is 0.195. The van der Waals surface area contributed by atoms with E-state index in [0.717, 1.165) is 0 Å². The standard InChI is InChI=1S/C13H11Cl2N3O3/c14-9-2-1-3-10(12(9)15)17-13(21)8-6-16-18(7-8)5-4-11(19)20/h1-3,6-7H,4-5H2,(H,17,21)(H,19,20). The van der Waals surface area contributed by atoms with Gasteiger partial charge in [-0.15, -0.1) is 0 Å². The van der Waals surface area contributed by atoms with Crippen molar-refractivity contribution < 1.29 is 14.7 Å². The number of benzene rings is 1. The second-order valence-corrected chi connectivity index (χ2v) is 4.98. The topological polar surface area (TPSA) is 84.2 Å². The van der Waals surface area contributed by atoms with E-state index in [1.54, 1.807) is 18.2 Å². The highest BCUT2D eigenvalue weighted by Crippen LogP contribution is 2.29. The highest BCUT2D eigenvalue weighted by molar-refractivity contribution is 6.44. The molecule has 1 aromatic carbocycles. The van der Waals surface area contributed by atoms with Gasteiger partial charge in [-0.25, -0.2) is 0 Å². The fourth-order valence-corrected chi connectivity index (χ4v) is 1.96. The average molecular weight is 328 g/mol. The maximum absolute atomic E-state index is 12.0. The zero-order valence-corrected chi connectivity index (χ0v) is 12.2. The first kappa shape index (κ1) is 15.3. The third-order valence-corrected chi connectivity index (χ3v) is 3.47. The lowest BCUT2D eigenvalue weighted by molar-refractivity contribution is -0.137. The van der Waals surface area contributed by atoms with E-state index in [1.807, 2.05) is 0 Å². The van der Waals surface area contributed by atoms with Crippen molar-refractivity contribution in [2.45, 2.75) is 13.0 Å². The number of aliphatic carboxylic acids is 1. The zero-order chi connectivity index (χ0) is 15.4. The number of anilines is 1. The van der Waals surface area contributed by atoms with Crippen molar-refractivity contribution in [2.75, 3.05) is 5.32 Å². The van der Waals surface area contributed by atoms with Gasteiger partial charge in [0.05, 0.1) is 40.5 Å². The number of halogens is 2.